The van der Waals surface area contributed by atoms with Crippen molar-refractivity contribution in [3.8, 4) is 0 Å². The smallest absolute Gasteiger partial charge is 0.429 e. The van der Waals surface area contributed by atoms with E-state index in [1.54, 1.807) is 31.2 Å². The number of carbonyl (C=O) groups excluding carboxylic acids is 2. The molecule has 1 aromatic rings. The van der Waals surface area contributed by atoms with Crippen molar-refractivity contribution in [2.75, 3.05) is 0 Å². The van der Waals surface area contributed by atoms with Gasteiger partial charge in [0.25, 0.3) is 0 Å². The molecule has 0 saturated heterocycles. The second-order valence-electron chi connectivity index (χ2n) is 5.70. The Balaban J connectivity index is 1.74. The van der Waals surface area contributed by atoms with Crippen LogP contribution in [0, 0.1) is 12.8 Å². The summed E-state index contributed by atoms with van der Waals surface area (Å²) >= 11 is 0. The molecule has 0 bridgehead atoms. The number of aryl methyl sites for hydroxylation is 1. The molecule has 2 atom stereocenters. The lowest BCUT2D eigenvalue weighted by atomic mass is 9.85. The first-order chi connectivity index (χ1) is 11.1. The minimum absolute atomic E-state index is 0.170. The molecule has 0 aliphatic heterocycles. The monoisotopic (exact) mass is 322 g/mol. The first kappa shape index (κ1) is 17.3. The molecule has 0 amide bonds. The van der Waals surface area contributed by atoms with Crippen LogP contribution in [-0.2, 0) is 19.6 Å². The van der Waals surface area contributed by atoms with Gasteiger partial charge in [-0.3, -0.25) is 4.89 Å². The van der Waals surface area contributed by atoms with Crippen LogP contribution in [0.3, 0.4) is 0 Å². The van der Waals surface area contributed by atoms with Crippen LogP contribution >= 0.6 is 0 Å². The van der Waals surface area contributed by atoms with E-state index in [0.29, 0.717) is 11.5 Å². The molecule has 0 heterocycles. The SMILES string of the molecule is CCC1CCCCC1OC(=O)OOOC(=O)c1ccccc1C. The van der Waals surface area contributed by atoms with Crippen LogP contribution in [0.5, 0.6) is 0 Å². The fraction of sp³-hybridized carbons (Fsp3) is 0.529. The zero-order chi connectivity index (χ0) is 16.7. The van der Waals surface area contributed by atoms with E-state index in [1.807, 2.05) is 0 Å². The third-order valence-electron chi connectivity index (χ3n) is 4.19. The predicted molar refractivity (Wildman–Crippen MR) is 81.3 cm³/mol. The van der Waals surface area contributed by atoms with E-state index >= 15 is 0 Å². The molecule has 0 spiro atoms. The molecule has 2 rings (SSSR count). The minimum Gasteiger partial charge on any atom is -0.429 e. The summed E-state index contributed by atoms with van der Waals surface area (Å²) < 4.78 is 5.23. The van der Waals surface area contributed by atoms with Crippen molar-refractivity contribution in [3.05, 3.63) is 35.4 Å². The van der Waals surface area contributed by atoms with Gasteiger partial charge in [0.2, 0.25) is 0 Å². The van der Waals surface area contributed by atoms with E-state index in [2.05, 4.69) is 21.7 Å². The van der Waals surface area contributed by atoms with Crippen LogP contribution in [-0.4, -0.2) is 18.2 Å². The quantitative estimate of drug-likeness (QED) is 0.461. The van der Waals surface area contributed by atoms with Crippen LogP contribution in [0.25, 0.3) is 0 Å². The summed E-state index contributed by atoms with van der Waals surface area (Å²) in [6, 6.07) is 6.86. The fourth-order valence-electron chi connectivity index (χ4n) is 2.86. The summed E-state index contributed by atoms with van der Waals surface area (Å²) in [5, 5.41) is 4.25. The van der Waals surface area contributed by atoms with E-state index in [1.165, 1.54) is 0 Å². The molecule has 1 aromatic carbocycles. The molecule has 1 fully saturated rings. The highest BCUT2D eigenvalue weighted by atomic mass is 17.5. The van der Waals surface area contributed by atoms with E-state index in [-0.39, 0.29) is 6.10 Å². The molecule has 1 saturated carbocycles. The number of benzene rings is 1. The van der Waals surface area contributed by atoms with Gasteiger partial charge in [-0.05, 0) is 50.2 Å². The Labute approximate surface area is 135 Å². The van der Waals surface area contributed by atoms with E-state index < -0.39 is 12.1 Å². The Bertz CT molecular complexity index is 542. The van der Waals surface area contributed by atoms with Crippen LogP contribution in [0.15, 0.2) is 24.3 Å². The van der Waals surface area contributed by atoms with Crippen molar-refractivity contribution in [1.82, 2.24) is 0 Å². The maximum atomic E-state index is 11.8. The number of hydrogen-bond acceptors (Lipinski definition) is 6. The summed E-state index contributed by atoms with van der Waals surface area (Å²) in [5.41, 5.74) is 1.07. The van der Waals surface area contributed by atoms with Crippen molar-refractivity contribution in [2.45, 2.75) is 52.1 Å². The maximum Gasteiger partial charge on any atom is 0.543 e. The van der Waals surface area contributed by atoms with Crippen LogP contribution < -0.4 is 0 Å². The summed E-state index contributed by atoms with van der Waals surface area (Å²) in [5.74, 6) is -0.397. The number of ether oxygens (including phenoxy) is 1. The second kappa shape index (κ2) is 8.53. The number of rotatable bonds is 5. The van der Waals surface area contributed by atoms with Gasteiger partial charge in [-0.25, -0.2) is 14.5 Å². The minimum atomic E-state index is -0.993. The lowest BCUT2D eigenvalue weighted by Gasteiger charge is -2.29. The van der Waals surface area contributed by atoms with Crippen molar-refractivity contribution in [1.29, 1.82) is 0 Å². The van der Waals surface area contributed by atoms with Gasteiger partial charge in [0.05, 0.1) is 10.6 Å². The fourth-order valence-corrected chi connectivity index (χ4v) is 2.86. The summed E-state index contributed by atoms with van der Waals surface area (Å²) in [6.07, 6.45) is 3.81. The molecular weight excluding hydrogens is 300 g/mol. The van der Waals surface area contributed by atoms with Crippen molar-refractivity contribution in [3.63, 3.8) is 0 Å². The highest BCUT2D eigenvalue weighted by molar-refractivity contribution is 5.90. The Hall–Kier alpha value is -2.08. The van der Waals surface area contributed by atoms with Crippen LogP contribution in [0.1, 0.15) is 54.9 Å². The molecule has 23 heavy (non-hydrogen) atoms. The van der Waals surface area contributed by atoms with E-state index in [4.69, 9.17) is 4.74 Å². The van der Waals surface area contributed by atoms with Gasteiger partial charge in [0, 0.05) is 0 Å². The Kier molecular flexibility index (Phi) is 6.40. The first-order valence-electron chi connectivity index (χ1n) is 7.93. The normalized spacial score (nSPS) is 20.6. The first-order valence-corrected chi connectivity index (χ1v) is 7.93. The largest absolute Gasteiger partial charge is 0.543 e. The highest BCUT2D eigenvalue weighted by Crippen LogP contribution is 2.29. The molecule has 126 valence electrons. The summed E-state index contributed by atoms with van der Waals surface area (Å²) in [7, 11) is 0. The average molecular weight is 322 g/mol. The Morgan fingerprint density at radius 1 is 1.13 bits per heavy atom. The van der Waals surface area contributed by atoms with Gasteiger partial charge < -0.3 is 4.74 Å². The van der Waals surface area contributed by atoms with Crippen LogP contribution in [0.2, 0.25) is 0 Å². The summed E-state index contributed by atoms with van der Waals surface area (Å²) in [6.45, 7) is 3.83. The predicted octanol–water partition coefficient (Wildman–Crippen LogP) is 4.12. The van der Waals surface area contributed by atoms with Gasteiger partial charge in [0.15, 0.2) is 0 Å². The Morgan fingerprint density at radius 2 is 1.87 bits per heavy atom. The lowest BCUT2D eigenvalue weighted by molar-refractivity contribution is -0.453. The molecule has 1 aliphatic carbocycles. The van der Waals surface area contributed by atoms with Crippen LogP contribution in [0.4, 0.5) is 4.79 Å². The number of carbonyl (C=O) groups is 2. The third-order valence-corrected chi connectivity index (χ3v) is 4.19. The molecule has 0 N–H and O–H groups in total. The molecule has 0 aromatic heterocycles. The summed E-state index contributed by atoms with van der Waals surface area (Å²) in [4.78, 5) is 32.2. The number of hydrogen-bond donors (Lipinski definition) is 0. The van der Waals surface area contributed by atoms with Gasteiger partial charge in [-0.2, -0.15) is 0 Å². The molecule has 2 unspecified atom stereocenters. The maximum absolute atomic E-state index is 11.8. The molecule has 0 radical (unpaired) electrons. The van der Waals surface area contributed by atoms with Crippen molar-refractivity contribution in [2.24, 2.45) is 5.92 Å². The molecule has 1 aliphatic rings. The topological polar surface area (TPSA) is 71.1 Å². The standard InChI is InChI=1S/C17H22O6/c1-3-13-9-5-7-11-15(13)20-17(19)22-23-21-16(18)14-10-6-4-8-12(14)2/h4,6,8,10,13,15H,3,5,7,9,11H2,1-2H3. The lowest BCUT2D eigenvalue weighted by Crippen LogP contribution is -2.30. The van der Waals surface area contributed by atoms with Crippen molar-refractivity contribution < 1.29 is 29.1 Å². The highest BCUT2D eigenvalue weighted by Gasteiger charge is 2.28. The molecule has 6 nitrogen and oxygen atoms in total. The van der Waals surface area contributed by atoms with E-state index in [0.717, 1.165) is 37.7 Å². The second-order valence-corrected chi connectivity index (χ2v) is 5.70. The molecular formula is C17H22O6. The van der Waals surface area contributed by atoms with Gasteiger partial charge in [-0.15, -0.1) is 0 Å². The average Bonchev–Trinajstić information content (AvgIpc) is 2.55. The zero-order valence-corrected chi connectivity index (χ0v) is 13.4. The van der Waals surface area contributed by atoms with Gasteiger partial charge in [-0.1, -0.05) is 31.5 Å². The zero-order valence-electron chi connectivity index (χ0n) is 13.4. The van der Waals surface area contributed by atoms with Crippen molar-refractivity contribution >= 4 is 12.1 Å². The molecule has 6 heteroatoms. The van der Waals surface area contributed by atoms with Gasteiger partial charge in [0.1, 0.15) is 6.10 Å². The van der Waals surface area contributed by atoms with E-state index in [9.17, 15) is 9.59 Å². The van der Waals surface area contributed by atoms with Gasteiger partial charge >= 0.3 is 12.1 Å². The third kappa shape index (κ3) is 4.96. The Morgan fingerprint density at radius 3 is 2.61 bits per heavy atom.